The van der Waals surface area contributed by atoms with Gasteiger partial charge in [-0.1, -0.05) is 39.0 Å². The summed E-state index contributed by atoms with van der Waals surface area (Å²) >= 11 is 6.19. The third kappa shape index (κ3) is 12.8. The maximum atomic E-state index is 12.7. The number of ether oxygens (including phenoxy) is 4. The molecule has 34 heavy (non-hydrogen) atoms. The fourth-order valence-corrected chi connectivity index (χ4v) is 5.36. The summed E-state index contributed by atoms with van der Waals surface area (Å²) in [5.74, 6) is 2.98. The van der Waals surface area contributed by atoms with E-state index in [1.807, 2.05) is 12.1 Å². The highest BCUT2D eigenvalue weighted by Gasteiger charge is 2.15. The normalized spacial score (nSPS) is 14.1. The minimum Gasteiger partial charge on any atom is -0.496 e. The molecule has 0 amide bonds. The number of hydrogen-bond donors (Lipinski definition) is 0. The third-order valence-corrected chi connectivity index (χ3v) is 7.88. The standard InChI is InChI=1S/C27H47ClO5S/c1-6-7-8-9-10-11-17-34(29)21-24-19-27(23(20-28)18-26(24)32-5)33-16-15-25(31-4)14-12-13-22(2)30-3/h18-19,22,25H,6-17,20-21H2,1-5H3. The van der Waals surface area contributed by atoms with Crippen molar-refractivity contribution in [3.05, 3.63) is 23.3 Å². The van der Waals surface area contributed by atoms with Gasteiger partial charge in [-0.3, -0.25) is 4.21 Å². The molecular weight excluding hydrogens is 472 g/mol. The molecule has 5 nitrogen and oxygen atoms in total. The Morgan fingerprint density at radius 2 is 1.59 bits per heavy atom. The van der Waals surface area contributed by atoms with Crippen molar-refractivity contribution in [3.63, 3.8) is 0 Å². The van der Waals surface area contributed by atoms with E-state index in [-0.39, 0.29) is 12.2 Å². The van der Waals surface area contributed by atoms with Crippen molar-refractivity contribution >= 4 is 22.4 Å². The van der Waals surface area contributed by atoms with Gasteiger partial charge in [0, 0.05) is 48.3 Å². The third-order valence-electron chi connectivity index (χ3n) is 6.22. The lowest BCUT2D eigenvalue weighted by Crippen LogP contribution is -2.16. The second-order valence-corrected chi connectivity index (χ2v) is 10.8. The van der Waals surface area contributed by atoms with Gasteiger partial charge in [0.05, 0.1) is 37.6 Å². The maximum absolute atomic E-state index is 12.7. The molecule has 0 saturated heterocycles. The number of rotatable bonds is 21. The lowest BCUT2D eigenvalue weighted by molar-refractivity contribution is 0.0634. The smallest absolute Gasteiger partial charge is 0.124 e. The van der Waals surface area contributed by atoms with Gasteiger partial charge in [-0.15, -0.1) is 11.6 Å². The molecular formula is C27H47ClO5S. The predicted molar refractivity (Wildman–Crippen MR) is 144 cm³/mol. The van der Waals surface area contributed by atoms with Crippen LogP contribution >= 0.6 is 11.6 Å². The van der Waals surface area contributed by atoms with E-state index in [2.05, 4.69) is 13.8 Å². The van der Waals surface area contributed by atoms with E-state index < -0.39 is 10.8 Å². The Balaban J connectivity index is 2.64. The van der Waals surface area contributed by atoms with Crippen LogP contribution in [-0.2, 0) is 31.9 Å². The monoisotopic (exact) mass is 518 g/mol. The molecule has 0 fully saturated rings. The molecule has 0 aliphatic heterocycles. The van der Waals surface area contributed by atoms with Crippen LogP contribution in [0.15, 0.2) is 12.1 Å². The van der Waals surface area contributed by atoms with Crippen LogP contribution in [0, 0.1) is 0 Å². The summed E-state index contributed by atoms with van der Waals surface area (Å²) < 4.78 is 35.4. The van der Waals surface area contributed by atoms with Crippen molar-refractivity contribution in [1.29, 1.82) is 0 Å². The molecule has 3 atom stereocenters. The first kappa shape index (κ1) is 31.2. The Labute approximate surface area is 215 Å². The summed E-state index contributed by atoms with van der Waals surface area (Å²) in [5, 5.41) is 0. The van der Waals surface area contributed by atoms with Crippen LogP contribution in [0.25, 0.3) is 0 Å². The maximum Gasteiger partial charge on any atom is 0.124 e. The van der Waals surface area contributed by atoms with Gasteiger partial charge in [-0.25, -0.2) is 0 Å². The minimum atomic E-state index is -0.929. The summed E-state index contributed by atoms with van der Waals surface area (Å²) in [4.78, 5) is 0. The van der Waals surface area contributed by atoms with E-state index in [4.69, 9.17) is 30.5 Å². The van der Waals surface area contributed by atoms with Crippen molar-refractivity contribution in [1.82, 2.24) is 0 Å². The average molecular weight is 519 g/mol. The van der Waals surface area contributed by atoms with Gasteiger partial charge in [-0.2, -0.15) is 0 Å². The van der Waals surface area contributed by atoms with Crippen molar-refractivity contribution in [2.75, 3.05) is 33.7 Å². The number of halogens is 1. The van der Waals surface area contributed by atoms with Crippen LogP contribution in [0.4, 0.5) is 0 Å². The Bertz CT molecular complexity index is 685. The van der Waals surface area contributed by atoms with Gasteiger partial charge in [0.25, 0.3) is 0 Å². The average Bonchev–Trinajstić information content (AvgIpc) is 2.85. The SMILES string of the molecule is CCCCCCCCS(=O)Cc1cc(OCCC(CCCC(C)OC)OC)c(CCl)cc1OC. The lowest BCUT2D eigenvalue weighted by Gasteiger charge is -2.19. The molecule has 7 heteroatoms. The largest absolute Gasteiger partial charge is 0.496 e. The first-order valence-electron chi connectivity index (χ1n) is 12.8. The molecule has 0 spiro atoms. The fraction of sp³-hybridized carbons (Fsp3) is 0.778. The first-order valence-corrected chi connectivity index (χ1v) is 14.8. The quantitative estimate of drug-likeness (QED) is 0.129. The second-order valence-electron chi connectivity index (χ2n) is 8.93. The highest BCUT2D eigenvalue weighted by atomic mass is 35.5. The zero-order valence-electron chi connectivity index (χ0n) is 22.0. The van der Waals surface area contributed by atoms with Crippen molar-refractivity contribution in [2.24, 2.45) is 0 Å². The zero-order chi connectivity index (χ0) is 25.2. The number of hydrogen-bond acceptors (Lipinski definition) is 5. The fourth-order valence-electron chi connectivity index (χ4n) is 3.91. The van der Waals surface area contributed by atoms with Gasteiger partial charge in [0.1, 0.15) is 11.5 Å². The Morgan fingerprint density at radius 1 is 0.882 bits per heavy atom. The number of benzene rings is 1. The van der Waals surface area contributed by atoms with Crippen LogP contribution in [0.1, 0.15) is 89.2 Å². The van der Waals surface area contributed by atoms with Crippen molar-refractivity contribution < 1.29 is 23.2 Å². The Hall–Kier alpha value is -0.820. The molecule has 1 rings (SSSR count). The van der Waals surface area contributed by atoms with Crippen LogP contribution in [0.5, 0.6) is 11.5 Å². The molecule has 198 valence electrons. The second kappa shape index (κ2) is 19.4. The molecule has 0 heterocycles. The molecule has 0 aliphatic carbocycles. The van der Waals surface area contributed by atoms with E-state index >= 15 is 0 Å². The predicted octanol–water partition coefficient (Wildman–Crippen LogP) is 7.03. The van der Waals surface area contributed by atoms with Crippen LogP contribution in [-0.4, -0.2) is 50.1 Å². The van der Waals surface area contributed by atoms with E-state index in [1.54, 1.807) is 21.3 Å². The first-order chi connectivity index (χ1) is 16.5. The number of methoxy groups -OCH3 is 3. The van der Waals surface area contributed by atoms with Gasteiger partial charge >= 0.3 is 0 Å². The Morgan fingerprint density at radius 3 is 2.24 bits per heavy atom. The van der Waals surface area contributed by atoms with Gasteiger partial charge in [0.15, 0.2) is 0 Å². The molecule has 0 saturated carbocycles. The summed E-state index contributed by atoms with van der Waals surface area (Å²) in [6.07, 6.45) is 11.4. The van der Waals surface area contributed by atoms with Gasteiger partial charge < -0.3 is 18.9 Å². The van der Waals surface area contributed by atoms with E-state index in [0.717, 1.165) is 66.9 Å². The molecule has 1 aromatic rings. The van der Waals surface area contributed by atoms with E-state index in [0.29, 0.717) is 18.2 Å². The molecule has 3 unspecified atom stereocenters. The van der Waals surface area contributed by atoms with E-state index in [1.165, 1.54) is 25.7 Å². The number of unbranched alkanes of at least 4 members (excludes halogenated alkanes) is 5. The molecule has 0 N–H and O–H groups in total. The van der Waals surface area contributed by atoms with E-state index in [9.17, 15) is 4.21 Å². The zero-order valence-corrected chi connectivity index (χ0v) is 23.6. The summed E-state index contributed by atoms with van der Waals surface area (Å²) in [6, 6.07) is 3.87. The highest BCUT2D eigenvalue weighted by Crippen LogP contribution is 2.31. The number of alkyl halides is 1. The van der Waals surface area contributed by atoms with Gasteiger partial charge in [-0.05, 0) is 44.7 Å². The molecule has 0 aromatic heterocycles. The minimum absolute atomic E-state index is 0.144. The summed E-state index contributed by atoms with van der Waals surface area (Å²) in [7, 11) is 4.21. The topological polar surface area (TPSA) is 54.0 Å². The van der Waals surface area contributed by atoms with Crippen LogP contribution in [0.2, 0.25) is 0 Å². The highest BCUT2D eigenvalue weighted by molar-refractivity contribution is 7.84. The van der Waals surface area contributed by atoms with Crippen LogP contribution in [0.3, 0.4) is 0 Å². The molecule has 0 radical (unpaired) electrons. The Kier molecular flexibility index (Phi) is 17.8. The lowest BCUT2D eigenvalue weighted by atomic mass is 10.1. The van der Waals surface area contributed by atoms with Crippen LogP contribution < -0.4 is 9.47 Å². The molecule has 0 aliphatic rings. The molecule has 1 aromatic carbocycles. The van der Waals surface area contributed by atoms with Crippen molar-refractivity contribution in [2.45, 2.75) is 102 Å². The van der Waals surface area contributed by atoms with Gasteiger partial charge in [0.2, 0.25) is 0 Å². The summed E-state index contributed by atoms with van der Waals surface area (Å²) in [6.45, 7) is 4.84. The molecule has 0 bridgehead atoms. The summed E-state index contributed by atoms with van der Waals surface area (Å²) in [5.41, 5.74) is 1.79. The van der Waals surface area contributed by atoms with Crippen molar-refractivity contribution in [3.8, 4) is 11.5 Å².